The zero-order chi connectivity index (χ0) is 16.5. The lowest BCUT2D eigenvalue weighted by Crippen LogP contribution is -2.08. The highest BCUT2D eigenvalue weighted by atomic mass is 16.5. The molecular weight excluding hydrogens is 288 g/mol. The number of rotatable bonds is 8. The van der Waals surface area contributed by atoms with E-state index in [0.29, 0.717) is 11.3 Å². The Kier molecular flexibility index (Phi) is 6.42. The van der Waals surface area contributed by atoms with Crippen molar-refractivity contribution in [3.63, 3.8) is 0 Å². The molecule has 0 heterocycles. The van der Waals surface area contributed by atoms with Gasteiger partial charge in [-0.3, -0.25) is 0 Å². The van der Waals surface area contributed by atoms with E-state index in [1.54, 1.807) is 31.4 Å². The third kappa shape index (κ3) is 5.29. The van der Waals surface area contributed by atoms with Gasteiger partial charge in [-0.15, -0.1) is 6.58 Å². The Morgan fingerprint density at radius 3 is 2.26 bits per heavy atom. The first kappa shape index (κ1) is 16.8. The quantitative estimate of drug-likeness (QED) is 0.304. The topological polar surface area (TPSA) is 35.5 Å². The lowest BCUT2D eigenvalue weighted by atomic mass is 10.1. The molecule has 0 aromatic heterocycles. The van der Waals surface area contributed by atoms with E-state index in [1.165, 1.54) is 5.56 Å². The summed E-state index contributed by atoms with van der Waals surface area (Å²) < 4.78 is 10.4. The molecule has 0 unspecified atom stereocenters. The Labute approximate surface area is 137 Å². The highest BCUT2D eigenvalue weighted by Gasteiger charge is 2.08. The largest absolute Gasteiger partial charge is 0.497 e. The molecule has 120 valence electrons. The number of methoxy groups -OCH3 is 1. The molecule has 2 aromatic carbocycles. The van der Waals surface area contributed by atoms with Crippen molar-refractivity contribution in [3.05, 3.63) is 72.3 Å². The molecule has 3 nitrogen and oxygen atoms in total. The number of carbonyl (C=O) groups excluding carboxylic acids is 1. The standard InChI is InChI=1S/C20H22O3/c1-3-4-5-6-7-16-8-10-17(11-9-16)20(21)23-19-14-12-18(22-2)13-15-19/h3,8-15H,1,4-7H2,2H3. The molecule has 0 aliphatic carbocycles. The van der Waals surface area contributed by atoms with Gasteiger partial charge < -0.3 is 9.47 Å². The van der Waals surface area contributed by atoms with Gasteiger partial charge in [0.1, 0.15) is 11.5 Å². The summed E-state index contributed by atoms with van der Waals surface area (Å²) in [6, 6.07) is 14.5. The van der Waals surface area contributed by atoms with Crippen LogP contribution in [0.25, 0.3) is 0 Å². The molecule has 2 aromatic rings. The molecule has 0 spiro atoms. The number of ether oxygens (including phenoxy) is 2. The molecule has 0 N–H and O–H groups in total. The molecule has 0 aliphatic heterocycles. The van der Waals surface area contributed by atoms with E-state index in [9.17, 15) is 4.79 Å². The maximum Gasteiger partial charge on any atom is 0.343 e. The Morgan fingerprint density at radius 1 is 1.00 bits per heavy atom. The summed E-state index contributed by atoms with van der Waals surface area (Å²) in [7, 11) is 1.60. The fourth-order valence-electron chi connectivity index (χ4n) is 2.24. The molecule has 0 saturated heterocycles. The van der Waals surface area contributed by atoms with Crippen LogP contribution in [0.2, 0.25) is 0 Å². The summed E-state index contributed by atoms with van der Waals surface area (Å²) in [5.74, 6) is 0.878. The van der Waals surface area contributed by atoms with E-state index < -0.39 is 0 Å². The van der Waals surface area contributed by atoms with Gasteiger partial charge in [0, 0.05) is 0 Å². The lowest BCUT2D eigenvalue weighted by molar-refractivity contribution is 0.0734. The average molecular weight is 310 g/mol. The number of aryl methyl sites for hydroxylation is 1. The summed E-state index contributed by atoms with van der Waals surface area (Å²) in [4.78, 5) is 12.1. The van der Waals surface area contributed by atoms with E-state index in [4.69, 9.17) is 9.47 Å². The predicted molar refractivity (Wildman–Crippen MR) is 92.1 cm³/mol. The van der Waals surface area contributed by atoms with Gasteiger partial charge in [-0.1, -0.05) is 18.2 Å². The fraction of sp³-hybridized carbons (Fsp3) is 0.250. The van der Waals surface area contributed by atoms with Crippen LogP contribution in [0.1, 0.15) is 35.2 Å². The molecule has 0 amide bonds. The summed E-state index contributed by atoms with van der Waals surface area (Å²) in [5, 5.41) is 0. The Bertz CT molecular complexity index is 627. The maximum atomic E-state index is 12.1. The smallest absolute Gasteiger partial charge is 0.343 e. The number of esters is 1. The van der Waals surface area contributed by atoms with E-state index in [1.807, 2.05) is 30.3 Å². The van der Waals surface area contributed by atoms with Gasteiger partial charge in [0.05, 0.1) is 12.7 Å². The summed E-state index contributed by atoms with van der Waals surface area (Å²) in [6.07, 6.45) is 6.28. The average Bonchev–Trinajstić information content (AvgIpc) is 2.60. The highest BCUT2D eigenvalue weighted by molar-refractivity contribution is 5.91. The molecule has 0 radical (unpaired) electrons. The van der Waals surface area contributed by atoms with Crippen molar-refractivity contribution in [3.8, 4) is 11.5 Å². The predicted octanol–water partition coefficient (Wildman–Crippen LogP) is 4.81. The van der Waals surface area contributed by atoms with Crippen LogP contribution in [0, 0.1) is 0 Å². The van der Waals surface area contributed by atoms with Crippen molar-refractivity contribution in [2.24, 2.45) is 0 Å². The Morgan fingerprint density at radius 2 is 1.65 bits per heavy atom. The summed E-state index contributed by atoms with van der Waals surface area (Å²) >= 11 is 0. The van der Waals surface area contributed by atoms with E-state index in [2.05, 4.69) is 6.58 Å². The van der Waals surface area contributed by atoms with E-state index in [-0.39, 0.29) is 5.97 Å². The zero-order valence-corrected chi connectivity index (χ0v) is 13.5. The van der Waals surface area contributed by atoms with Crippen molar-refractivity contribution < 1.29 is 14.3 Å². The third-order valence-electron chi connectivity index (χ3n) is 3.58. The minimum atomic E-state index is -0.353. The first-order valence-electron chi connectivity index (χ1n) is 7.79. The Hall–Kier alpha value is -2.55. The molecule has 0 atom stereocenters. The number of allylic oxidation sites excluding steroid dienone is 1. The van der Waals surface area contributed by atoms with Gasteiger partial charge in [0.25, 0.3) is 0 Å². The van der Waals surface area contributed by atoms with Crippen LogP contribution in [0.4, 0.5) is 0 Å². The Balaban J connectivity index is 1.90. The summed E-state index contributed by atoms with van der Waals surface area (Å²) in [5.41, 5.74) is 1.78. The lowest BCUT2D eigenvalue weighted by Gasteiger charge is -2.06. The van der Waals surface area contributed by atoms with E-state index in [0.717, 1.165) is 31.4 Å². The molecule has 2 rings (SSSR count). The van der Waals surface area contributed by atoms with Crippen molar-refractivity contribution >= 4 is 5.97 Å². The number of hydrogen-bond donors (Lipinski definition) is 0. The van der Waals surface area contributed by atoms with Crippen molar-refractivity contribution in [1.82, 2.24) is 0 Å². The normalized spacial score (nSPS) is 10.1. The third-order valence-corrected chi connectivity index (χ3v) is 3.58. The molecule has 0 fully saturated rings. The van der Waals surface area contributed by atoms with Gasteiger partial charge in [0.15, 0.2) is 0 Å². The number of benzene rings is 2. The van der Waals surface area contributed by atoms with Crippen molar-refractivity contribution in [2.75, 3.05) is 7.11 Å². The fourth-order valence-corrected chi connectivity index (χ4v) is 2.24. The van der Waals surface area contributed by atoms with Gasteiger partial charge in [-0.05, 0) is 67.6 Å². The molecular formula is C20H22O3. The molecule has 0 saturated carbocycles. The second-order valence-corrected chi connectivity index (χ2v) is 5.30. The molecule has 0 bridgehead atoms. The van der Waals surface area contributed by atoms with Crippen LogP contribution < -0.4 is 9.47 Å². The minimum Gasteiger partial charge on any atom is -0.497 e. The van der Waals surface area contributed by atoms with Crippen molar-refractivity contribution in [1.29, 1.82) is 0 Å². The second kappa shape index (κ2) is 8.79. The first-order valence-corrected chi connectivity index (χ1v) is 7.79. The van der Waals surface area contributed by atoms with Crippen LogP contribution in [-0.4, -0.2) is 13.1 Å². The van der Waals surface area contributed by atoms with Crippen LogP contribution >= 0.6 is 0 Å². The van der Waals surface area contributed by atoms with Gasteiger partial charge in [-0.2, -0.15) is 0 Å². The number of unbranched alkanes of at least 4 members (excludes halogenated alkanes) is 2. The van der Waals surface area contributed by atoms with E-state index >= 15 is 0 Å². The first-order chi connectivity index (χ1) is 11.2. The monoisotopic (exact) mass is 310 g/mol. The number of hydrogen-bond acceptors (Lipinski definition) is 3. The van der Waals surface area contributed by atoms with Gasteiger partial charge in [-0.25, -0.2) is 4.79 Å². The van der Waals surface area contributed by atoms with Gasteiger partial charge >= 0.3 is 5.97 Å². The highest BCUT2D eigenvalue weighted by Crippen LogP contribution is 2.18. The van der Waals surface area contributed by atoms with Crippen LogP contribution in [0.15, 0.2) is 61.2 Å². The molecule has 23 heavy (non-hydrogen) atoms. The minimum absolute atomic E-state index is 0.353. The van der Waals surface area contributed by atoms with Crippen molar-refractivity contribution in [2.45, 2.75) is 25.7 Å². The van der Waals surface area contributed by atoms with Crippen LogP contribution in [0.3, 0.4) is 0 Å². The zero-order valence-electron chi connectivity index (χ0n) is 13.5. The summed E-state index contributed by atoms with van der Waals surface area (Å²) in [6.45, 7) is 3.72. The maximum absolute atomic E-state index is 12.1. The van der Waals surface area contributed by atoms with Gasteiger partial charge in [0.2, 0.25) is 0 Å². The molecule has 3 heteroatoms. The van der Waals surface area contributed by atoms with Crippen LogP contribution in [-0.2, 0) is 6.42 Å². The second-order valence-electron chi connectivity index (χ2n) is 5.30. The SMILES string of the molecule is C=CCCCCc1ccc(C(=O)Oc2ccc(OC)cc2)cc1. The number of carbonyl (C=O) groups is 1. The molecule has 0 aliphatic rings. The van der Waals surface area contributed by atoms with Crippen LogP contribution in [0.5, 0.6) is 11.5 Å².